The zero-order valence-corrected chi connectivity index (χ0v) is 19.0. The molecule has 32 heavy (non-hydrogen) atoms. The van der Waals surface area contributed by atoms with E-state index in [0.29, 0.717) is 25.4 Å². The smallest absolute Gasteiger partial charge is 0.228 e. The SMILES string of the molecule is COc1ccc(N2CCCN(C(=O)C3CC(=O)N(c4cc(C)ccc4OC)C3)CC2)cc1. The number of aryl methyl sites for hydroxylation is 1. The van der Waals surface area contributed by atoms with Crippen molar-refractivity contribution in [2.75, 3.05) is 56.7 Å². The quantitative estimate of drug-likeness (QED) is 0.719. The second-order valence-corrected chi connectivity index (χ2v) is 8.44. The van der Waals surface area contributed by atoms with E-state index in [1.807, 2.05) is 42.2 Å². The van der Waals surface area contributed by atoms with Crippen LogP contribution in [0, 0.1) is 12.8 Å². The van der Waals surface area contributed by atoms with Gasteiger partial charge in [0.05, 0.1) is 25.8 Å². The number of rotatable bonds is 5. The van der Waals surface area contributed by atoms with E-state index in [0.717, 1.165) is 42.2 Å². The van der Waals surface area contributed by atoms with Crippen LogP contribution in [0.25, 0.3) is 0 Å². The predicted molar refractivity (Wildman–Crippen MR) is 125 cm³/mol. The average Bonchev–Trinajstić information content (AvgIpc) is 3.03. The van der Waals surface area contributed by atoms with Crippen molar-refractivity contribution in [1.29, 1.82) is 0 Å². The Morgan fingerprint density at radius 1 is 0.969 bits per heavy atom. The Kier molecular flexibility index (Phi) is 6.53. The number of carbonyl (C=O) groups excluding carboxylic acids is 2. The normalized spacial score (nSPS) is 19.2. The molecule has 0 radical (unpaired) electrons. The summed E-state index contributed by atoms with van der Waals surface area (Å²) in [5, 5.41) is 0. The summed E-state index contributed by atoms with van der Waals surface area (Å²) in [4.78, 5) is 32.0. The van der Waals surface area contributed by atoms with Gasteiger partial charge in [-0.25, -0.2) is 0 Å². The molecule has 2 aromatic rings. The second-order valence-electron chi connectivity index (χ2n) is 8.44. The fraction of sp³-hybridized carbons (Fsp3) is 0.440. The van der Waals surface area contributed by atoms with Gasteiger partial charge >= 0.3 is 0 Å². The first kappa shape index (κ1) is 22.0. The standard InChI is InChI=1S/C25H31N3O4/c1-18-5-10-23(32-3)22(15-18)28-17-19(16-24(28)29)25(30)27-12-4-11-26(13-14-27)20-6-8-21(31-2)9-7-20/h5-10,15,19H,4,11-14,16-17H2,1-3H3. The highest BCUT2D eigenvalue weighted by molar-refractivity contribution is 6.01. The van der Waals surface area contributed by atoms with Crippen molar-refractivity contribution < 1.29 is 19.1 Å². The molecule has 1 atom stereocenters. The molecule has 2 aromatic carbocycles. The third-order valence-electron chi connectivity index (χ3n) is 6.34. The van der Waals surface area contributed by atoms with Gasteiger partial charge in [-0.05, 0) is 55.3 Å². The maximum absolute atomic E-state index is 13.3. The molecule has 2 aliphatic rings. The molecule has 0 saturated carbocycles. The van der Waals surface area contributed by atoms with Crippen LogP contribution in [-0.2, 0) is 9.59 Å². The maximum Gasteiger partial charge on any atom is 0.228 e. The molecule has 0 aromatic heterocycles. The lowest BCUT2D eigenvalue weighted by Crippen LogP contribution is -2.40. The lowest BCUT2D eigenvalue weighted by Gasteiger charge is -2.25. The summed E-state index contributed by atoms with van der Waals surface area (Å²) in [6.45, 7) is 5.42. The van der Waals surface area contributed by atoms with Gasteiger partial charge in [0.1, 0.15) is 11.5 Å². The number of hydrogen-bond acceptors (Lipinski definition) is 5. The van der Waals surface area contributed by atoms with Crippen LogP contribution in [-0.4, -0.2) is 63.7 Å². The lowest BCUT2D eigenvalue weighted by atomic mass is 10.1. The van der Waals surface area contributed by atoms with E-state index >= 15 is 0 Å². The summed E-state index contributed by atoms with van der Waals surface area (Å²) in [7, 11) is 3.26. The van der Waals surface area contributed by atoms with E-state index in [4.69, 9.17) is 9.47 Å². The summed E-state index contributed by atoms with van der Waals surface area (Å²) in [6.07, 6.45) is 1.14. The van der Waals surface area contributed by atoms with Crippen molar-refractivity contribution in [1.82, 2.24) is 4.90 Å². The molecular weight excluding hydrogens is 406 g/mol. The maximum atomic E-state index is 13.3. The first-order chi connectivity index (χ1) is 15.5. The van der Waals surface area contributed by atoms with Crippen LogP contribution < -0.4 is 19.3 Å². The molecule has 2 amide bonds. The molecule has 0 spiro atoms. The highest BCUT2D eigenvalue weighted by atomic mass is 16.5. The molecule has 7 heteroatoms. The van der Waals surface area contributed by atoms with Crippen molar-refractivity contribution in [3.05, 3.63) is 48.0 Å². The number of anilines is 2. The molecule has 2 aliphatic heterocycles. The third kappa shape index (κ3) is 4.52. The highest BCUT2D eigenvalue weighted by Crippen LogP contribution is 2.34. The van der Waals surface area contributed by atoms with Crippen LogP contribution in [0.15, 0.2) is 42.5 Å². The summed E-state index contributed by atoms with van der Waals surface area (Å²) in [5.41, 5.74) is 2.93. The van der Waals surface area contributed by atoms with Gasteiger partial charge in [-0.15, -0.1) is 0 Å². The molecule has 0 N–H and O–H groups in total. The van der Waals surface area contributed by atoms with E-state index < -0.39 is 0 Å². The van der Waals surface area contributed by atoms with Crippen LogP contribution >= 0.6 is 0 Å². The van der Waals surface area contributed by atoms with Gasteiger partial charge in [-0.3, -0.25) is 9.59 Å². The van der Waals surface area contributed by atoms with E-state index in [1.165, 1.54) is 0 Å². The van der Waals surface area contributed by atoms with Crippen LogP contribution in [0.5, 0.6) is 11.5 Å². The summed E-state index contributed by atoms with van der Waals surface area (Å²) < 4.78 is 10.7. The molecule has 2 saturated heterocycles. The number of methoxy groups -OCH3 is 2. The van der Waals surface area contributed by atoms with Crippen molar-refractivity contribution in [3.8, 4) is 11.5 Å². The first-order valence-electron chi connectivity index (χ1n) is 11.1. The molecule has 0 aliphatic carbocycles. The molecule has 0 bridgehead atoms. The van der Waals surface area contributed by atoms with Gasteiger partial charge in [0.15, 0.2) is 0 Å². The van der Waals surface area contributed by atoms with Crippen molar-refractivity contribution >= 4 is 23.2 Å². The Labute approximate surface area is 189 Å². The number of benzene rings is 2. The molecule has 1 unspecified atom stereocenters. The Bertz CT molecular complexity index is 976. The number of carbonyl (C=O) groups is 2. The monoisotopic (exact) mass is 437 g/mol. The predicted octanol–water partition coefficient (Wildman–Crippen LogP) is 3.10. The Hall–Kier alpha value is -3.22. The number of amides is 2. The van der Waals surface area contributed by atoms with E-state index in [2.05, 4.69) is 17.0 Å². The highest BCUT2D eigenvalue weighted by Gasteiger charge is 2.38. The van der Waals surface area contributed by atoms with Crippen LogP contribution in [0.1, 0.15) is 18.4 Å². The van der Waals surface area contributed by atoms with Gasteiger partial charge in [-0.2, -0.15) is 0 Å². The molecule has 170 valence electrons. The Balaban J connectivity index is 1.41. The molecular formula is C25H31N3O4. The van der Waals surface area contributed by atoms with Crippen LogP contribution in [0.3, 0.4) is 0 Å². The average molecular weight is 438 g/mol. The summed E-state index contributed by atoms with van der Waals surface area (Å²) in [5.74, 6) is 1.22. The summed E-state index contributed by atoms with van der Waals surface area (Å²) >= 11 is 0. The van der Waals surface area contributed by atoms with E-state index in [-0.39, 0.29) is 24.2 Å². The van der Waals surface area contributed by atoms with Gasteiger partial charge in [0.25, 0.3) is 0 Å². The van der Waals surface area contributed by atoms with Gasteiger partial charge < -0.3 is 24.2 Å². The lowest BCUT2D eigenvalue weighted by molar-refractivity contribution is -0.135. The zero-order valence-electron chi connectivity index (χ0n) is 19.0. The number of ether oxygens (including phenoxy) is 2. The fourth-order valence-corrected chi connectivity index (χ4v) is 4.56. The second kappa shape index (κ2) is 9.51. The van der Waals surface area contributed by atoms with Crippen LogP contribution in [0.4, 0.5) is 11.4 Å². The first-order valence-corrected chi connectivity index (χ1v) is 11.1. The van der Waals surface area contributed by atoms with Crippen molar-refractivity contribution in [3.63, 3.8) is 0 Å². The number of nitrogens with zero attached hydrogens (tertiary/aromatic N) is 3. The minimum absolute atomic E-state index is 0.0260. The fourth-order valence-electron chi connectivity index (χ4n) is 4.56. The molecule has 4 rings (SSSR count). The van der Waals surface area contributed by atoms with Gasteiger partial charge in [0, 0.05) is 44.8 Å². The van der Waals surface area contributed by atoms with E-state index in [9.17, 15) is 9.59 Å². The number of hydrogen-bond donors (Lipinski definition) is 0. The van der Waals surface area contributed by atoms with Gasteiger partial charge in [0.2, 0.25) is 11.8 Å². The topological polar surface area (TPSA) is 62.3 Å². The summed E-state index contributed by atoms with van der Waals surface area (Å²) in [6, 6.07) is 13.8. The molecule has 2 fully saturated rings. The largest absolute Gasteiger partial charge is 0.497 e. The van der Waals surface area contributed by atoms with Crippen molar-refractivity contribution in [2.45, 2.75) is 19.8 Å². The van der Waals surface area contributed by atoms with Crippen molar-refractivity contribution in [2.24, 2.45) is 5.92 Å². The van der Waals surface area contributed by atoms with Gasteiger partial charge in [-0.1, -0.05) is 6.07 Å². The third-order valence-corrected chi connectivity index (χ3v) is 6.34. The Morgan fingerprint density at radius 2 is 1.75 bits per heavy atom. The minimum atomic E-state index is -0.319. The van der Waals surface area contributed by atoms with E-state index in [1.54, 1.807) is 19.1 Å². The molecule has 2 heterocycles. The Morgan fingerprint density at radius 3 is 2.47 bits per heavy atom. The van der Waals surface area contributed by atoms with Crippen LogP contribution in [0.2, 0.25) is 0 Å². The molecule has 7 nitrogen and oxygen atoms in total. The zero-order chi connectivity index (χ0) is 22.7. The minimum Gasteiger partial charge on any atom is -0.497 e.